The number of hydrogen-bond acceptors (Lipinski definition) is 2. The predicted molar refractivity (Wildman–Crippen MR) is 65.2 cm³/mol. The van der Waals surface area contributed by atoms with Gasteiger partial charge in [0.1, 0.15) is 6.04 Å². The molecule has 3 nitrogen and oxygen atoms in total. The van der Waals surface area contributed by atoms with Crippen LogP contribution in [0.5, 0.6) is 0 Å². The van der Waals surface area contributed by atoms with Crippen molar-refractivity contribution < 1.29 is 4.79 Å². The molecule has 2 rings (SSSR count). The van der Waals surface area contributed by atoms with E-state index < -0.39 is 0 Å². The van der Waals surface area contributed by atoms with Gasteiger partial charge in [0.2, 0.25) is 5.91 Å². The lowest BCUT2D eigenvalue weighted by Gasteiger charge is -2.13. The summed E-state index contributed by atoms with van der Waals surface area (Å²) in [7, 11) is 0. The molecule has 0 aliphatic heterocycles. The topological polar surface area (TPSA) is 52.9 Å². The van der Waals surface area contributed by atoms with Crippen molar-refractivity contribution in [3.05, 3.63) is 35.4 Å². The molecule has 1 aromatic carbocycles. The van der Waals surface area contributed by atoms with Crippen LogP contribution in [0.15, 0.2) is 24.3 Å². The fourth-order valence-electron chi connectivity index (χ4n) is 2.26. The van der Waals surface area contributed by atoms with Crippen LogP contribution in [-0.2, 0) is 17.6 Å². The lowest BCUT2D eigenvalue weighted by atomic mass is 10.0. The number of nitrogens with one attached hydrogen (secondary N) is 1. The molecule has 1 N–H and O–H groups in total. The molecule has 1 atom stereocenters. The number of fused-ring (bicyclic) bond motifs is 1. The molecule has 0 bridgehead atoms. The lowest BCUT2D eigenvalue weighted by molar-refractivity contribution is -0.125. The Bertz CT molecular complexity index is 437. The van der Waals surface area contributed by atoms with Crippen molar-refractivity contribution >= 4 is 5.91 Å². The van der Waals surface area contributed by atoms with E-state index in [1.54, 1.807) is 0 Å². The zero-order valence-corrected chi connectivity index (χ0v) is 9.94. The molecule has 1 aromatic rings. The lowest BCUT2D eigenvalue weighted by Crippen LogP contribution is -2.38. The molecule has 0 fully saturated rings. The summed E-state index contributed by atoms with van der Waals surface area (Å²) in [6.45, 7) is 1.90. The summed E-state index contributed by atoms with van der Waals surface area (Å²) in [5.41, 5.74) is 2.52. The molecule has 3 heteroatoms. The molecule has 1 aliphatic carbocycles. The molecule has 1 aliphatic rings. The minimum Gasteiger partial charge on any atom is -0.340 e. The average Bonchev–Trinajstić information content (AvgIpc) is 2.79. The van der Waals surface area contributed by atoms with Gasteiger partial charge in [-0.05, 0) is 30.4 Å². The van der Waals surface area contributed by atoms with E-state index in [9.17, 15) is 4.79 Å². The van der Waals surface area contributed by atoms with E-state index >= 15 is 0 Å². The molecule has 0 spiro atoms. The molecule has 0 saturated heterocycles. The number of carbonyl (C=O) groups is 1. The van der Waals surface area contributed by atoms with Gasteiger partial charge in [-0.25, -0.2) is 0 Å². The first-order chi connectivity index (χ1) is 8.24. The second-order valence-corrected chi connectivity index (χ2v) is 4.47. The average molecular weight is 228 g/mol. The van der Waals surface area contributed by atoms with Crippen LogP contribution < -0.4 is 5.32 Å². The Morgan fingerprint density at radius 2 is 2.06 bits per heavy atom. The maximum Gasteiger partial charge on any atom is 0.224 e. The second-order valence-electron chi connectivity index (χ2n) is 4.47. The van der Waals surface area contributed by atoms with E-state index in [0.29, 0.717) is 6.42 Å². The van der Waals surface area contributed by atoms with E-state index in [1.165, 1.54) is 11.1 Å². The van der Waals surface area contributed by atoms with Gasteiger partial charge in [-0.2, -0.15) is 5.26 Å². The van der Waals surface area contributed by atoms with Crippen LogP contribution in [0.2, 0.25) is 0 Å². The van der Waals surface area contributed by atoms with Crippen molar-refractivity contribution in [2.45, 2.75) is 32.2 Å². The molecule has 1 unspecified atom stereocenters. The van der Waals surface area contributed by atoms with Crippen LogP contribution in [-0.4, -0.2) is 11.9 Å². The monoisotopic (exact) mass is 228 g/mol. The number of hydrogen-bond donors (Lipinski definition) is 1. The Labute approximate surface area is 101 Å². The van der Waals surface area contributed by atoms with E-state index in [1.807, 2.05) is 19.1 Å². The molecule has 0 radical (unpaired) electrons. The molecule has 88 valence electrons. The van der Waals surface area contributed by atoms with Gasteiger partial charge in [0.05, 0.1) is 6.07 Å². The van der Waals surface area contributed by atoms with Crippen LogP contribution in [0, 0.1) is 17.2 Å². The SMILES string of the molecule is CCC(C#N)NC(=O)C1Cc2ccccc2C1. The van der Waals surface area contributed by atoms with Gasteiger partial charge in [-0.3, -0.25) is 4.79 Å². The summed E-state index contributed by atoms with van der Waals surface area (Å²) in [6.07, 6.45) is 2.25. The molecule has 0 aromatic heterocycles. The number of carbonyl (C=O) groups excluding carboxylic acids is 1. The van der Waals surface area contributed by atoms with E-state index in [0.717, 1.165) is 12.8 Å². The highest BCUT2D eigenvalue weighted by Gasteiger charge is 2.27. The largest absolute Gasteiger partial charge is 0.340 e. The molecular formula is C14H16N2O. The zero-order valence-electron chi connectivity index (χ0n) is 9.94. The highest BCUT2D eigenvalue weighted by molar-refractivity contribution is 5.80. The molecular weight excluding hydrogens is 212 g/mol. The van der Waals surface area contributed by atoms with Crippen LogP contribution >= 0.6 is 0 Å². The summed E-state index contributed by atoms with van der Waals surface area (Å²) in [5, 5.41) is 11.6. The Hall–Kier alpha value is -1.82. The number of nitrogens with zero attached hydrogens (tertiary/aromatic N) is 1. The molecule has 0 heterocycles. The number of nitriles is 1. The zero-order chi connectivity index (χ0) is 12.3. The maximum atomic E-state index is 12.0. The van der Waals surface area contributed by atoms with Gasteiger partial charge in [0, 0.05) is 5.92 Å². The van der Waals surface area contributed by atoms with E-state index in [2.05, 4.69) is 23.5 Å². The van der Waals surface area contributed by atoms with Crippen molar-refractivity contribution in [1.29, 1.82) is 5.26 Å². The predicted octanol–water partition coefficient (Wildman–Crippen LogP) is 1.82. The Balaban J connectivity index is 1.99. The first kappa shape index (κ1) is 11.7. The third kappa shape index (κ3) is 2.47. The third-order valence-electron chi connectivity index (χ3n) is 3.30. The number of benzene rings is 1. The first-order valence-electron chi connectivity index (χ1n) is 6.01. The van der Waals surface area contributed by atoms with Gasteiger partial charge in [0.15, 0.2) is 0 Å². The van der Waals surface area contributed by atoms with E-state index in [4.69, 9.17) is 5.26 Å². The smallest absolute Gasteiger partial charge is 0.224 e. The van der Waals surface area contributed by atoms with Crippen LogP contribution in [0.25, 0.3) is 0 Å². The minimum absolute atomic E-state index is 0.00481. The van der Waals surface area contributed by atoms with E-state index in [-0.39, 0.29) is 17.9 Å². The first-order valence-corrected chi connectivity index (χ1v) is 6.01. The highest BCUT2D eigenvalue weighted by atomic mass is 16.1. The summed E-state index contributed by atoms with van der Waals surface area (Å²) in [4.78, 5) is 12.0. The van der Waals surface area contributed by atoms with Gasteiger partial charge in [0.25, 0.3) is 0 Å². The Morgan fingerprint density at radius 1 is 1.47 bits per heavy atom. The second kappa shape index (κ2) is 5.01. The van der Waals surface area contributed by atoms with Crippen molar-refractivity contribution in [2.75, 3.05) is 0 Å². The van der Waals surface area contributed by atoms with Crippen LogP contribution in [0.3, 0.4) is 0 Å². The third-order valence-corrected chi connectivity index (χ3v) is 3.30. The Kier molecular flexibility index (Phi) is 3.43. The van der Waals surface area contributed by atoms with Gasteiger partial charge < -0.3 is 5.32 Å². The summed E-state index contributed by atoms with van der Waals surface area (Å²) >= 11 is 0. The summed E-state index contributed by atoms with van der Waals surface area (Å²) < 4.78 is 0. The van der Waals surface area contributed by atoms with Crippen molar-refractivity contribution in [2.24, 2.45) is 5.92 Å². The van der Waals surface area contributed by atoms with Crippen LogP contribution in [0.4, 0.5) is 0 Å². The fourth-order valence-corrected chi connectivity index (χ4v) is 2.26. The number of amides is 1. The van der Waals surface area contributed by atoms with Crippen molar-refractivity contribution in [1.82, 2.24) is 5.32 Å². The van der Waals surface area contributed by atoms with Crippen molar-refractivity contribution in [3.8, 4) is 6.07 Å². The number of rotatable bonds is 3. The summed E-state index contributed by atoms with van der Waals surface area (Å²) in [5.74, 6) is 0.00407. The standard InChI is InChI=1S/C14H16N2O/c1-2-13(9-15)16-14(17)12-7-10-5-3-4-6-11(10)8-12/h3-6,12-13H,2,7-8H2,1H3,(H,16,17). The summed E-state index contributed by atoms with van der Waals surface area (Å²) in [6, 6.07) is 9.89. The minimum atomic E-state index is -0.355. The molecule has 0 saturated carbocycles. The van der Waals surface area contributed by atoms with Crippen LogP contribution in [0.1, 0.15) is 24.5 Å². The van der Waals surface area contributed by atoms with Gasteiger partial charge in [-0.15, -0.1) is 0 Å². The highest BCUT2D eigenvalue weighted by Crippen LogP contribution is 2.26. The van der Waals surface area contributed by atoms with Crippen molar-refractivity contribution in [3.63, 3.8) is 0 Å². The molecule has 17 heavy (non-hydrogen) atoms. The van der Waals surface area contributed by atoms with Gasteiger partial charge >= 0.3 is 0 Å². The molecule has 1 amide bonds. The van der Waals surface area contributed by atoms with Gasteiger partial charge in [-0.1, -0.05) is 31.2 Å². The Morgan fingerprint density at radius 3 is 2.53 bits per heavy atom. The quantitative estimate of drug-likeness (QED) is 0.858. The maximum absolute atomic E-state index is 12.0. The normalized spacial score (nSPS) is 16.0. The fraction of sp³-hybridized carbons (Fsp3) is 0.429.